The van der Waals surface area contributed by atoms with Crippen LogP contribution in [-0.4, -0.2) is 25.6 Å². The number of non-ortho nitro benzene ring substituents is 1. The third-order valence-electron chi connectivity index (χ3n) is 4.66. The first-order valence-corrected chi connectivity index (χ1v) is 10.3. The minimum Gasteiger partial charge on any atom is -0.325 e. The number of carbonyl (C=O) groups excluding carboxylic acids is 1. The van der Waals surface area contributed by atoms with Crippen molar-refractivity contribution >= 4 is 29.0 Å². The van der Waals surface area contributed by atoms with Crippen LogP contribution >= 0.6 is 11.8 Å². The molecule has 0 saturated carbocycles. The van der Waals surface area contributed by atoms with E-state index in [1.165, 1.54) is 0 Å². The van der Waals surface area contributed by atoms with E-state index in [-0.39, 0.29) is 0 Å². The van der Waals surface area contributed by atoms with E-state index < -0.39 is 39.2 Å². The standard InChI is InChI=1S/C21H19F3N4O3S/c1-12-4-5-13(2)18(10-12)27-9-8-25-20(27)32-14(3)19(29)26-17-7-6-15(28(30)31)11-16(17)21(22,23)24/h4-11,14H,1-3H3,(H,26,29). The topological polar surface area (TPSA) is 90.1 Å². The molecule has 1 unspecified atom stereocenters. The van der Waals surface area contributed by atoms with Crippen LogP contribution < -0.4 is 5.32 Å². The summed E-state index contributed by atoms with van der Waals surface area (Å²) in [7, 11) is 0. The molecule has 0 aliphatic heterocycles. The number of benzene rings is 2. The lowest BCUT2D eigenvalue weighted by Gasteiger charge is -2.17. The van der Waals surface area contributed by atoms with Crippen LogP contribution in [-0.2, 0) is 11.0 Å². The van der Waals surface area contributed by atoms with Gasteiger partial charge >= 0.3 is 6.18 Å². The fourth-order valence-electron chi connectivity index (χ4n) is 2.97. The number of nitro groups is 1. The van der Waals surface area contributed by atoms with Gasteiger partial charge in [-0.05, 0) is 44.0 Å². The van der Waals surface area contributed by atoms with E-state index >= 15 is 0 Å². The van der Waals surface area contributed by atoms with Gasteiger partial charge in [0.25, 0.3) is 5.69 Å². The first-order valence-electron chi connectivity index (χ1n) is 9.41. The number of amides is 1. The maximum atomic E-state index is 13.4. The van der Waals surface area contributed by atoms with E-state index in [0.29, 0.717) is 11.2 Å². The molecular formula is C21H19F3N4O3S. The number of halogens is 3. The lowest BCUT2D eigenvalue weighted by atomic mass is 10.1. The van der Waals surface area contributed by atoms with Crippen molar-refractivity contribution in [3.8, 4) is 5.69 Å². The Balaban J connectivity index is 1.82. The van der Waals surface area contributed by atoms with E-state index in [0.717, 1.165) is 40.7 Å². The van der Waals surface area contributed by atoms with Crippen molar-refractivity contribution < 1.29 is 22.9 Å². The average molecular weight is 464 g/mol. The largest absolute Gasteiger partial charge is 0.418 e. The summed E-state index contributed by atoms with van der Waals surface area (Å²) >= 11 is 1.09. The number of anilines is 1. The molecule has 1 amide bonds. The second-order valence-corrected chi connectivity index (χ2v) is 8.41. The molecular weight excluding hydrogens is 445 g/mol. The van der Waals surface area contributed by atoms with Crippen LogP contribution in [0.1, 0.15) is 23.6 Å². The summed E-state index contributed by atoms with van der Waals surface area (Å²) in [5.74, 6) is -0.690. The van der Waals surface area contributed by atoms with E-state index in [1.807, 2.05) is 36.6 Å². The first kappa shape index (κ1) is 23.3. The van der Waals surface area contributed by atoms with Crippen LogP contribution in [0.25, 0.3) is 5.69 Å². The zero-order chi connectivity index (χ0) is 23.6. The molecule has 32 heavy (non-hydrogen) atoms. The van der Waals surface area contributed by atoms with Crippen LogP contribution in [0.5, 0.6) is 0 Å². The summed E-state index contributed by atoms with van der Waals surface area (Å²) < 4.78 is 41.9. The van der Waals surface area contributed by atoms with Crippen LogP contribution in [0.3, 0.4) is 0 Å². The number of nitro benzene ring substituents is 1. The molecule has 1 heterocycles. The van der Waals surface area contributed by atoms with Crippen LogP contribution in [0, 0.1) is 24.0 Å². The number of alkyl halides is 3. The van der Waals surface area contributed by atoms with E-state index in [2.05, 4.69) is 10.3 Å². The number of rotatable bonds is 6. The number of aromatic nitrogens is 2. The van der Waals surface area contributed by atoms with Gasteiger partial charge < -0.3 is 5.32 Å². The fourth-order valence-corrected chi connectivity index (χ4v) is 3.85. The molecule has 11 heteroatoms. The number of hydrogen-bond donors (Lipinski definition) is 1. The molecule has 1 atom stereocenters. The van der Waals surface area contributed by atoms with Crippen LogP contribution in [0.2, 0.25) is 0 Å². The summed E-state index contributed by atoms with van der Waals surface area (Å²) in [6, 6.07) is 8.10. The van der Waals surface area contributed by atoms with Gasteiger partial charge in [0, 0.05) is 24.5 Å². The number of thioether (sulfide) groups is 1. The summed E-state index contributed by atoms with van der Waals surface area (Å²) in [6.45, 7) is 5.43. The van der Waals surface area contributed by atoms with E-state index in [4.69, 9.17) is 0 Å². The lowest BCUT2D eigenvalue weighted by Crippen LogP contribution is -2.24. The maximum absolute atomic E-state index is 13.4. The Morgan fingerprint density at radius 1 is 1.22 bits per heavy atom. The number of carbonyl (C=O) groups is 1. The molecule has 3 rings (SSSR count). The molecule has 168 valence electrons. The van der Waals surface area contributed by atoms with Gasteiger partial charge in [0.1, 0.15) is 0 Å². The Hall–Kier alpha value is -3.34. The zero-order valence-corrected chi connectivity index (χ0v) is 18.1. The summed E-state index contributed by atoms with van der Waals surface area (Å²) in [6.07, 6.45) is -1.55. The number of hydrogen-bond acceptors (Lipinski definition) is 5. The summed E-state index contributed by atoms with van der Waals surface area (Å²) in [5, 5.41) is 12.8. The summed E-state index contributed by atoms with van der Waals surface area (Å²) in [5.41, 5.74) is 0.375. The molecule has 7 nitrogen and oxygen atoms in total. The minimum atomic E-state index is -4.87. The van der Waals surface area contributed by atoms with Crippen LogP contribution in [0.15, 0.2) is 53.9 Å². The normalized spacial score (nSPS) is 12.4. The Morgan fingerprint density at radius 2 is 1.94 bits per heavy atom. The van der Waals surface area contributed by atoms with E-state index in [9.17, 15) is 28.1 Å². The van der Waals surface area contributed by atoms with Gasteiger partial charge in [-0.1, -0.05) is 23.9 Å². The Morgan fingerprint density at radius 3 is 2.59 bits per heavy atom. The minimum absolute atomic E-state index is 0.403. The quantitative estimate of drug-likeness (QED) is 0.294. The van der Waals surface area contributed by atoms with Crippen molar-refractivity contribution in [2.45, 2.75) is 37.4 Å². The van der Waals surface area contributed by atoms with Crippen molar-refractivity contribution in [2.75, 3.05) is 5.32 Å². The Kier molecular flexibility index (Phi) is 6.58. The van der Waals surface area contributed by atoms with Gasteiger partial charge in [-0.25, -0.2) is 4.98 Å². The molecule has 0 spiro atoms. The van der Waals surface area contributed by atoms with Gasteiger partial charge in [-0.3, -0.25) is 19.5 Å². The lowest BCUT2D eigenvalue weighted by molar-refractivity contribution is -0.385. The highest BCUT2D eigenvalue weighted by atomic mass is 32.2. The fraction of sp³-hybridized carbons (Fsp3) is 0.238. The van der Waals surface area contributed by atoms with Gasteiger partial charge in [0.2, 0.25) is 5.91 Å². The highest BCUT2D eigenvalue weighted by Crippen LogP contribution is 2.37. The third-order valence-corrected chi connectivity index (χ3v) is 5.74. The molecule has 1 N–H and O–H groups in total. The summed E-state index contributed by atoms with van der Waals surface area (Å²) in [4.78, 5) is 26.8. The molecule has 0 aliphatic carbocycles. The predicted molar refractivity (Wildman–Crippen MR) is 115 cm³/mol. The Bertz CT molecular complexity index is 1180. The molecule has 0 fully saturated rings. The monoisotopic (exact) mass is 464 g/mol. The van der Waals surface area contributed by atoms with Gasteiger partial charge in [0.15, 0.2) is 5.16 Å². The van der Waals surface area contributed by atoms with Crippen molar-refractivity contribution in [3.05, 3.63) is 75.6 Å². The van der Waals surface area contributed by atoms with Crippen molar-refractivity contribution in [1.82, 2.24) is 9.55 Å². The molecule has 0 aliphatic rings. The molecule has 0 bridgehead atoms. The molecule has 0 radical (unpaired) electrons. The number of aryl methyl sites for hydroxylation is 2. The Labute approximate surface area is 185 Å². The molecule has 0 saturated heterocycles. The molecule has 1 aromatic heterocycles. The van der Waals surface area contributed by atoms with Gasteiger partial charge in [-0.15, -0.1) is 0 Å². The highest BCUT2D eigenvalue weighted by Gasteiger charge is 2.36. The van der Waals surface area contributed by atoms with Gasteiger partial charge in [0.05, 0.1) is 27.1 Å². The van der Waals surface area contributed by atoms with Crippen molar-refractivity contribution in [3.63, 3.8) is 0 Å². The van der Waals surface area contributed by atoms with Crippen molar-refractivity contribution in [1.29, 1.82) is 0 Å². The number of nitrogens with one attached hydrogen (secondary N) is 1. The van der Waals surface area contributed by atoms with Crippen molar-refractivity contribution in [2.24, 2.45) is 0 Å². The first-order chi connectivity index (χ1) is 15.0. The molecule has 2 aromatic carbocycles. The second-order valence-electron chi connectivity index (χ2n) is 7.10. The highest BCUT2D eigenvalue weighted by molar-refractivity contribution is 8.00. The number of imidazole rings is 1. The SMILES string of the molecule is Cc1ccc(C)c(-n2ccnc2SC(C)C(=O)Nc2ccc([N+](=O)[O-])cc2C(F)(F)F)c1. The maximum Gasteiger partial charge on any atom is 0.418 e. The number of nitrogens with zero attached hydrogens (tertiary/aromatic N) is 3. The third kappa shape index (κ3) is 5.10. The van der Waals surface area contributed by atoms with Gasteiger partial charge in [-0.2, -0.15) is 13.2 Å². The van der Waals surface area contributed by atoms with E-state index in [1.54, 1.807) is 19.3 Å². The molecule has 3 aromatic rings. The second kappa shape index (κ2) is 9.03. The zero-order valence-electron chi connectivity index (χ0n) is 17.3. The average Bonchev–Trinajstić information content (AvgIpc) is 3.16. The smallest absolute Gasteiger partial charge is 0.325 e. The van der Waals surface area contributed by atoms with Crippen LogP contribution in [0.4, 0.5) is 24.5 Å². The predicted octanol–water partition coefficient (Wildman–Crippen LogP) is 5.54.